The van der Waals surface area contributed by atoms with Crippen molar-refractivity contribution in [2.75, 3.05) is 13.1 Å². The first kappa shape index (κ1) is 15.6. The van der Waals surface area contributed by atoms with Gasteiger partial charge in [-0.15, -0.1) is 0 Å². The topological polar surface area (TPSA) is 12.0 Å². The second-order valence-corrected chi connectivity index (χ2v) is 6.12. The van der Waals surface area contributed by atoms with Crippen LogP contribution in [-0.4, -0.2) is 13.1 Å². The summed E-state index contributed by atoms with van der Waals surface area (Å²) >= 11 is 3.10. The van der Waals surface area contributed by atoms with Crippen molar-refractivity contribution in [1.82, 2.24) is 5.32 Å². The normalized spacial score (nSPS) is 11.9. The van der Waals surface area contributed by atoms with Crippen molar-refractivity contribution in [3.8, 4) is 0 Å². The Bertz CT molecular complexity index is 405. The van der Waals surface area contributed by atoms with Gasteiger partial charge < -0.3 is 5.32 Å². The van der Waals surface area contributed by atoms with Gasteiger partial charge in [-0.2, -0.15) is 0 Å². The summed E-state index contributed by atoms with van der Waals surface area (Å²) in [6.07, 6.45) is 1.28. The highest BCUT2D eigenvalue weighted by Crippen LogP contribution is 2.30. The summed E-state index contributed by atoms with van der Waals surface area (Å²) in [4.78, 5) is 0. The van der Waals surface area contributed by atoms with Crippen molar-refractivity contribution in [3.05, 3.63) is 33.8 Å². The molecule has 0 bridgehead atoms. The molecular weight excluding hydrogens is 300 g/mol. The predicted molar refractivity (Wildman–Crippen MR) is 74.7 cm³/mol. The molecule has 102 valence electrons. The van der Waals surface area contributed by atoms with E-state index in [-0.39, 0.29) is 11.0 Å². The Labute approximate surface area is 116 Å². The van der Waals surface area contributed by atoms with Crippen molar-refractivity contribution in [3.63, 3.8) is 0 Å². The third-order valence-electron chi connectivity index (χ3n) is 3.02. The summed E-state index contributed by atoms with van der Waals surface area (Å²) in [5.41, 5.74) is 0.0378. The zero-order valence-electron chi connectivity index (χ0n) is 11.1. The van der Waals surface area contributed by atoms with E-state index in [1.54, 1.807) is 0 Å². The molecule has 1 N–H and O–H groups in total. The van der Waals surface area contributed by atoms with Crippen LogP contribution in [0.5, 0.6) is 0 Å². The summed E-state index contributed by atoms with van der Waals surface area (Å²) in [6.45, 7) is 7.88. The van der Waals surface area contributed by atoms with Crippen LogP contribution in [0.4, 0.5) is 8.78 Å². The van der Waals surface area contributed by atoms with Gasteiger partial charge in [-0.05, 0) is 59.4 Å². The SMILES string of the molecule is CCNCCC(C)(C)Cc1c(F)ccc(Br)c1F. The first-order valence-corrected chi connectivity index (χ1v) is 7.00. The number of hydrogen-bond donors (Lipinski definition) is 1. The van der Waals surface area contributed by atoms with Crippen LogP contribution in [0.1, 0.15) is 32.8 Å². The highest BCUT2D eigenvalue weighted by molar-refractivity contribution is 9.10. The quantitative estimate of drug-likeness (QED) is 0.609. The van der Waals surface area contributed by atoms with Gasteiger partial charge in [-0.3, -0.25) is 0 Å². The zero-order valence-corrected chi connectivity index (χ0v) is 12.7. The van der Waals surface area contributed by atoms with Crippen molar-refractivity contribution >= 4 is 15.9 Å². The Hall–Kier alpha value is -0.480. The second-order valence-electron chi connectivity index (χ2n) is 5.27. The summed E-state index contributed by atoms with van der Waals surface area (Å²) in [7, 11) is 0. The fourth-order valence-electron chi connectivity index (χ4n) is 1.90. The van der Waals surface area contributed by atoms with Crippen molar-refractivity contribution in [1.29, 1.82) is 0 Å². The monoisotopic (exact) mass is 319 g/mol. The van der Waals surface area contributed by atoms with E-state index in [2.05, 4.69) is 21.2 Å². The fraction of sp³-hybridized carbons (Fsp3) is 0.571. The van der Waals surface area contributed by atoms with Crippen LogP contribution in [0.3, 0.4) is 0 Å². The molecule has 0 unspecified atom stereocenters. The summed E-state index contributed by atoms with van der Waals surface area (Å²) in [6, 6.07) is 2.71. The molecule has 1 rings (SSSR count). The zero-order chi connectivity index (χ0) is 13.8. The largest absolute Gasteiger partial charge is 0.317 e. The Morgan fingerprint density at radius 3 is 2.56 bits per heavy atom. The number of halogens is 3. The van der Waals surface area contributed by atoms with Crippen LogP contribution in [0.2, 0.25) is 0 Å². The first-order valence-electron chi connectivity index (χ1n) is 6.20. The van der Waals surface area contributed by atoms with Crippen molar-refractivity contribution in [2.24, 2.45) is 5.41 Å². The molecule has 1 aromatic rings. The van der Waals surface area contributed by atoms with Crippen LogP contribution in [-0.2, 0) is 6.42 Å². The molecule has 0 aliphatic rings. The van der Waals surface area contributed by atoms with E-state index in [1.165, 1.54) is 12.1 Å². The molecule has 0 atom stereocenters. The van der Waals surface area contributed by atoms with Gasteiger partial charge in [0.15, 0.2) is 0 Å². The van der Waals surface area contributed by atoms with Crippen LogP contribution >= 0.6 is 15.9 Å². The molecule has 0 aromatic heterocycles. The Morgan fingerprint density at radius 1 is 1.28 bits per heavy atom. The Morgan fingerprint density at radius 2 is 1.94 bits per heavy atom. The molecule has 0 radical (unpaired) electrons. The molecular formula is C14H20BrF2N. The molecule has 4 heteroatoms. The van der Waals surface area contributed by atoms with Gasteiger partial charge in [0, 0.05) is 5.56 Å². The number of hydrogen-bond acceptors (Lipinski definition) is 1. The highest BCUT2D eigenvalue weighted by atomic mass is 79.9. The average molecular weight is 320 g/mol. The lowest BCUT2D eigenvalue weighted by molar-refractivity contribution is 0.316. The minimum atomic E-state index is -0.480. The van der Waals surface area contributed by atoms with Gasteiger partial charge in [0.05, 0.1) is 4.47 Å². The first-order chi connectivity index (χ1) is 8.37. The van der Waals surface area contributed by atoms with E-state index in [0.717, 1.165) is 19.5 Å². The minimum absolute atomic E-state index is 0.134. The van der Waals surface area contributed by atoms with Crippen molar-refractivity contribution < 1.29 is 8.78 Å². The maximum atomic E-state index is 13.9. The van der Waals surface area contributed by atoms with E-state index >= 15 is 0 Å². The lowest BCUT2D eigenvalue weighted by atomic mass is 9.82. The third-order valence-corrected chi connectivity index (χ3v) is 3.64. The minimum Gasteiger partial charge on any atom is -0.317 e. The summed E-state index contributed by atoms with van der Waals surface area (Å²) in [5, 5.41) is 3.23. The second kappa shape index (κ2) is 6.62. The number of nitrogens with one attached hydrogen (secondary N) is 1. The maximum absolute atomic E-state index is 13.9. The number of rotatable bonds is 6. The molecule has 0 fully saturated rings. The third kappa shape index (κ3) is 4.32. The van der Waals surface area contributed by atoms with E-state index in [4.69, 9.17) is 0 Å². The van der Waals surface area contributed by atoms with Gasteiger partial charge in [0.25, 0.3) is 0 Å². The van der Waals surface area contributed by atoms with Crippen LogP contribution in [0, 0.1) is 17.0 Å². The lowest BCUT2D eigenvalue weighted by Crippen LogP contribution is -2.24. The predicted octanol–water partition coefficient (Wildman–Crippen LogP) is 4.30. The maximum Gasteiger partial charge on any atom is 0.143 e. The van der Waals surface area contributed by atoms with E-state index in [9.17, 15) is 8.78 Å². The Balaban J connectivity index is 2.80. The highest BCUT2D eigenvalue weighted by Gasteiger charge is 2.23. The van der Waals surface area contributed by atoms with Gasteiger partial charge in [0.2, 0.25) is 0 Å². The van der Waals surface area contributed by atoms with E-state index in [0.29, 0.717) is 10.9 Å². The lowest BCUT2D eigenvalue weighted by Gasteiger charge is -2.25. The van der Waals surface area contributed by atoms with E-state index in [1.807, 2.05) is 20.8 Å². The molecule has 1 nitrogen and oxygen atoms in total. The van der Waals surface area contributed by atoms with Gasteiger partial charge in [-0.25, -0.2) is 8.78 Å². The van der Waals surface area contributed by atoms with Gasteiger partial charge in [-0.1, -0.05) is 20.8 Å². The van der Waals surface area contributed by atoms with E-state index < -0.39 is 11.6 Å². The van der Waals surface area contributed by atoms with Crippen LogP contribution in [0.25, 0.3) is 0 Å². The molecule has 0 aliphatic heterocycles. The molecule has 0 heterocycles. The standard InChI is InChI=1S/C14H20BrF2N/c1-4-18-8-7-14(2,3)9-10-12(16)6-5-11(15)13(10)17/h5-6,18H,4,7-9H2,1-3H3. The summed E-state index contributed by atoms with van der Waals surface area (Å²) in [5.74, 6) is -0.946. The van der Waals surface area contributed by atoms with Crippen molar-refractivity contribution in [2.45, 2.75) is 33.6 Å². The summed E-state index contributed by atoms with van der Waals surface area (Å²) < 4.78 is 27.9. The van der Waals surface area contributed by atoms with Crippen LogP contribution in [0.15, 0.2) is 16.6 Å². The average Bonchev–Trinajstić information content (AvgIpc) is 2.30. The molecule has 0 aliphatic carbocycles. The molecule has 0 amide bonds. The van der Waals surface area contributed by atoms with Crippen LogP contribution < -0.4 is 5.32 Å². The molecule has 0 spiro atoms. The molecule has 0 saturated carbocycles. The number of benzene rings is 1. The Kier molecular flexibility index (Phi) is 5.73. The van der Waals surface area contributed by atoms with Gasteiger partial charge in [0.1, 0.15) is 11.6 Å². The molecule has 18 heavy (non-hydrogen) atoms. The molecule has 0 saturated heterocycles. The fourth-order valence-corrected chi connectivity index (χ4v) is 2.27. The molecule has 1 aromatic carbocycles. The smallest absolute Gasteiger partial charge is 0.143 e. The van der Waals surface area contributed by atoms with Gasteiger partial charge >= 0.3 is 0 Å².